The van der Waals surface area contributed by atoms with Gasteiger partial charge in [0.05, 0.1) is 5.69 Å². The minimum Gasteiger partial charge on any atom is -0.439 e. The zero-order chi connectivity index (χ0) is 13.8. The first-order valence-electron chi connectivity index (χ1n) is 5.98. The molecule has 1 heterocycles. The smallest absolute Gasteiger partial charge is 0.224 e. The number of nitrogen functional groups attached to an aromatic ring is 1. The maximum atomic E-state index is 12.8. The Morgan fingerprint density at radius 2 is 2.05 bits per heavy atom. The lowest BCUT2D eigenvalue weighted by molar-refractivity contribution is 0.427. The van der Waals surface area contributed by atoms with Crippen LogP contribution in [0.15, 0.2) is 30.3 Å². The molecule has 19 heavy (non-hydrogen) atoms. The Hall–Kier alpha value is -2.48. The lowest BCUT2D eigenvalue weighted by atomic mass is 10.3. The van der Waals surface area contributed by atoms with E-state index in [0.29, 0.717) is 29.6 Å². The Balaban J connectivity index is 2.36. The minimum absolute atomic E-state index is 0.332. The third-order valence-corrected chi connectivity index (χ3v) is 2.67. The van der Waals surface area contributed by atoms with Crippen molar-refractivity contribution in [3.63, 3.8) is 0 Å². The molecule has 1 aromatic heterocycles. The summed E-state index contributed by atoms with van der Waals surface area (Å²) in [4.78, 5) is 0. The lowest BCUT2D eigenvalue weighted by Crippen LogP contribution is -2.03. The van der Waals surface area contributed by atoms with Crippen LogP contribution in [-0.4, -0.2) is 4.57 Å². The average molecular weight is 259 g/mol. The third-order valence-electron chi connectivity index (χ3n) is 2.67. The van der Waals surface area contributed by atoms with Crippen LogP contribution in [0.2, 0.25) is 0 Å². The van der Waals surface area contributed by atoms with E-state index in [0.717, 1.165) is 6.42 Å². The van der Waals surface area contributed by atoms with Gasteiger partial charge in [-0.25, -0.2) is 4.39 Å². The Morgan fingerprint density at radius 3 is 2.63 bits per heavy atom. The topological polar surface area (TPSA) is 64.0 Å². The van der Waals surface area contributed by atoms with E-state index in [9.17, 15) is 4.39 Å². The summed E-state index contributed by atoms with van der Waals surface area (Å²) in [5.74, 6) is 0.569. The summed E-state index contributed by atoms with van der Waals surface area (Å²) in [7, 11) is 0. The molecule has 2 rings (SSSR count). The normalized spacial score (nSPS) is 10.2. The first-order valence-corrected chi connectivity index (χ1v) is 5.98. The fraction of sp³-hybridized carbons (Fsp3) is 0.214. The van der Waals surface area contributed by atoms with Gasteiger partial charge in [0.1, 0.15) is 23.3 Å². The summed E-state index contributed by atoms with van der Waals surface area (Å²) < 4.78 is 20.2. The van der Waals surface area contributed by atoms with Gasteiger partial charge in [0.15, 0.2) is 0 Å². The summed E-state index contributed by atoms with van der Waals surface area (Å²) in [5, 5.41) is 9.05. The van der Waals surface area contributed by atoms with E-state index < -0.39 is 0 Å². The first-order chi connectivity index (χ1) is 9.15. The van der Waals surface area contributed by atoms with Crippen molar-refractivity contribution in [2.45, 2.75) is 19.9 Å². The Kier molecular flexibility index (Phi) is 3.71. The molecule has 2 N–H and O–H groups in total. The van der Waals surface area contributed by atoms with Crippen LogP contribution in [0, 0.1) is 17.1 Å². The van der Waals surface area contributed by atoms with Crippen molar-refractivity contribution in [2.75, 3.05) is 5.73 Å². The predicted octanol–water partition coefficient (Wildman–Crippen LogP) is 3.28. The molecule has 0 spiro atoms. The lowest BCUT2D eigenvalue weighted by Gasteiger charge is -2.11. The van der Waals surface area contributed by atoms with E-state index in [-0.39, 0.29) is 5.82 Å². The summed E-state index contributed by atoms with van der Waals surface area (Å²) in [6.07, 6.45) is 0.850. The molecule has 4 nitrogen and oxygen atoms in total. The number of benzene rings is 1. The quantitative estimate of drug-likeness (QED) is 0.916. The van der Waals surface area contributed by atoms with Crippen molar-refractivity contribution in [1.29, 1.82) is 5.26 Å². The number of anilines is 1. The van der Waals surface area contributed by atoms with Crippen molar-refractivity contribution in [2.24, 2.45) is 0 Å². The van der Waals surface area contributed by atoms with Gasteiger partial charge in [-0.2, -0.15) is 5.26 Å². The maximum Gasteiger partial charge on any atom is 0.224 e. The number of halogens is 1. The van der Waals surface area contributed by atoms with Gasteiger partial charge in [-0.05, 0) is 30.7 Å². The Bertz CT molecular complexity index is 611. The summed E-state index contributed by atoms with van der Waals surface area (Å²) in [6.45, 7) is 2.63. The Labute approximate surface area is 110 Å². The number of nitrogens with zero attached hydrogens (tertiary/aromatic N) is 2. The van der Waals surface area contributed by atoms with Crippen LogP contribution >= 0.6 is 0 Å². The molecule has 0 amide bonds. The van der Waals surface area contributed by atoms with Crippen LogP contribution in [0.5, 0.6) is 11.6 Å². The van der Waals surface area contributed by atoms with Gasteiger partial charge in [-0.3, -0.25) is 0 Å². The standard InChI is InChI=1S/C14H14FN3O/c1-2-7-18-11(9-16)8-13(17)14(18)19-12-5-3-10(15)4-6-12/h3-6,8H,2,7,17H2,1H3. The van der Waals surface area contributed by atoms with E-state index in [1.54, 1.807) is 10.6 Å². The molecule has 0 fully saturated rings. The highest BCUT2D eigenvalue weighted by Gasteiger charge is 2.14. The number of nitrogens with two attached hydrogens (primary N) is 1. The summed E-state index contributed by atoms with van der Waals surface area (Å²) >= 11 is 0. The summed E-state index contributed by atoms with van der Waals surface area (Å²) in [6, 6.07) is 9.31. The number of rotatable bonds is 4. The van der Waals surface area contributed by atoms with Crippen molar-refractivity contribution < 1.29 is 9.13 Å². The second kappa shape index (κ2) is 5.44. The maximum absolute atomic E-state index is 12.8. The second-order valence-corrected chi connectivity index (χ2v) is 4.11. The molecule has 0 radical (unpaired) electrons. The van der Waals surface area contributed by atoms with Gasteiger partial charge >= 0.3 is 0 Å². The van der Waals surface area contributed by atoms with Crippen molar-refractivity contribution >= 4 is 5.69 Å². The van der Waals surface area contributed by atoms with E-state index in [1.165, 1.54) is 24.3 Å². The predicted molar refractivity (Wildman–Crippen MR) is 70.3 cm³/mol. The zero-order valence-corrected chi connectivity index (χ0v) is 10.6. The molecule has 0 bridgehead atoms. The molecule has 0 saturated heterocycles. The highest BCUT2D eigenvalue weighted by molar-refractivity contribution is 5.56. The van der Waals surface area contributed by atoms with Crippen LogP contribution in [0.3, 0.4) is 0 Å². The van der Waals surface area contributed by atoms with Crippen LogP contribution in [0.25, 0.3) is 0 Å². The second-order valence-electron chi connectivity index (χ2n) is 4.11. The molecule has 1 aromatic carbocycles. The zero-order valence-electron chi connectivity index (χ0n) is 10.6. The van der Waals surface area contributed by atoms with Gasteiger partial charge in [0, 0.05) is 12.6 Å². The molecule has 0 atom stereocenters. The van der Waals surface area contributed by atoms with Gasteiger partial charge < -0.3 is 15.0 Å². The molecule has 0 aliphatic carbocycles. The molecular formula is C14H14FN3O. The third kappa shape index (κ3) is 2.68. The molecule has 0 unspecified atom stereocenters. The molecular weight excluding hydrogens is 245 g/mol. The fourth-order valence-corrected chi connectivity index (χ4v) is 1.82. The number of ether oxygens (including phenoxy) is 1. The number of aromatic nitrogens is 1. The number of nitriles is 1. The molecule has 0 aliphatic heterocycles. The van der Waals surface area contributed by atoms with Crippen LogP contribution in [-0.2, 0) is 6.54 Å². The molecule has 5 heteroatoms. The van der Waals surface area contributed by atoms with Gasteiger partial charge in [0.2, 0.25) is 5.88 Å². The van der Waals surface area contributed by atoms with Crippen molar-refractivity contribution in [1.82, 2.24) is 4.57 Å². The van der Waals surface area contributed by atoms with E-state index >= 15 is 0 Å². The number of hydrogen-bond donors (Lipinski definition) is 1. The van der Waals surface area contributed by atoms with Gasteiger partial charge in [0.25, 0.3) is 0 Å². The van der Waals surface area contributed by atoms with Crippen LogP contribution < -0.4 is 10.5 Å². The molecule has 0 saturated carbocycles. The van der Waals surface area contributed by atoms with Crippen molar-refractivity contribution in [3.05, 3.63) is 41.8 Å². The highest BCUT2D eigenvalue weighted by atomic mass is 19.1. The van der Waals surface area contributed by atoms with Crippen molar-refractivity contribution in [3.8, 4) is 17.7 Å². The van der Waals surface area contributed by atoms with Gasteiger partial charge in [-0.15, -0.1) is 0 Å². The highest BCUT2D eigenvalue weighted by Crippen LogP contribution is 2.31. The molecule has 2 aromatic rings. The van der Waals surface area contributed by atoms with E-state index in [1.807, 2.05) is 6.92 Å². The Morgan fingerprint density at radius 1 is 1.37 bits per heavy atom. The molecule has 98 valence electrons. The fourth-order valence-electron chi connectivity index (χ4n) is 1.82. The first kappa shape index (κ1) is 13.0. The van der Waals surface area contributed by atoms with E-state index in [4.69, 9.17) is 15.7 Å². The SMILES string of the molecule is CCCn1c(C#N)cc(N)c1Oc1ccc(F)cc1. The minimum atomic E-state index is -0.332. The van der Waals surface area contributed by atoms with Gasteiger partial charge in [-0.1, -0.05) is 6.92 Å². The average Bonchev–Trinajstić information content (AvgIpc) is 2.70. The van der Waals surface area contributed by atoms with Crippen LogP contribution in [0.4, 0.5) is 10.1 Å². The molecule has 0 aliphatic rings. The van der Waals surface area contributed by atoms with Crippen LogP contribution in [0.1, 0.15) is 19.0 Å². The van der Waals surface area contributed by atoms with E-state index in [2.05, 4.69) is 6.07 Å². The number of hydrogen-bond acceptors (Lipinski definition) is 3. The monoisotopic (exact) mass is 259 g/mol. The summed E-state index contributed by atoms with van der Waals surface area (Å²) in [5.41, 5.74) is 6.71. The largest absolute Gasteiger partial charge is 0.439 e.